The van der Waals surface area contributed by atoms with Crippen LogP contribution < -0.4 is 10.8 Å². The van der Waals surface area contributed by atoms with Crippen LogP contribution in [0.1, 0.15) is 59.9 Å². The minimum Gasteiger partial charge on any atom is -0.423 e. The third kappa shape index (κ3) is 4.47. The van der Waals surface area contributed by atoms with Gasteiger partial charge in [0.2, 0.25) is 0 Å². The Balaban J connectivity index is 1.21. The number of carbonyl (C=O) groups is 1. The first-order chi connectivity index (χ1) is 19.0. The number of amides is 1. The van der Waals surface area contributed by atoms with E-state index >= 15 is 0 Å². The Morgan fingerprint density at radius 2 is 1.90 bits per heavy atom. The quantitative estimate of drug-likeness (QED) is 0.248. The van der Waals surface area contributed by atoms with Crippen LogP contribution in [0.25, 0.3) is 5.52 Å². The molecule has 6 rings (SSSR count). The smallest absolute Gasteiger partial charge is 0.423 e. The number of pyridine rings is 1. The summed E-state index contributed by atoms with van der Waals surface area (Å²) in [6, 6.07) is 16.0. The van der Waals surface area contributed by atoms with Crippen molar-refractivity contribution in [2.24, 2.45) is 5.16 Å². The first-order valence-electron chi connectivity index (χ1n) is 12.7. The zero-order valence-electron chi connectivity index (χ0n) is 22.0. The van der Waals surface area contributed by atoms with Gasteiger partial charge in [-0.2, -0.15) is 0 Å². The van der Waals surface area contributed by atoms with Gasteiger partial charge in [0, 0.05) is 24.7 Å². The Labute approximate surface area is 240 Å². The summed E-state index contributed by atoms with van der Waals surface area (Å²) in [4.78, 5) is 19.0. The topological polar surface area (TPSA) is 84.6 Å². The molecule has 0 aliphatic carbocycles. The van der Waals surface area contributed by atoms with Gasteiger partial charge in [-0.15, -0.1) is 0 Å². The van der Waals surface area contributed by atoms with Crippen molar-refractivity contribution >= 4 is 52.9 Å². The SMILES string of the molecule is CC1(C)OB(O)c2cc(CNC(=O)c3ccc(C4=NO[C@@](C)(c5cc(Cl)c(F)c(Cl)c5)C4)n4cccc34)ccc21. The van der Waals surface area contributed by atoms with Gasteiger partial charge in [0.1, 0.15) is 5.71 Å². The van der Waals surface area contributed by atoms with Crippen molar-refractivity contribution in [2.75, 3.05) is 0 Å². The van der Waals surface area contributed by atoms with Crippen LogP contribution in [-0.4, -0.2) is 28.2 Å². The van der Waals surface area contributed by atoms with Gasteiger partial charge in [0.15, 0.2) is 11.4 Å². The summed E-state index contributed by atoms with van der Waals surface area (Å²) in [5, 5.41) is 17.4. The van der Waals surface area contributed by atoms with Crippen molar-refractivity contribution in [3.63, 3.8) is 0 Å². The van der Waals surface area contributed by atoms with Crippen LogP contribution in [0.2, 0.25) is 10.0 Å². The van der Waals surface area contributed by atoms with Crippen molar-refractivity contribution < 1.29 is 23.7 Å². The Bertz CT molecular complexity index is 1700. The van der Waals surface area contributed by atoms with E-state index in [0.29, 0.717) is 34.2 Å². The first-order valence-corrected chi connectivity index (χ1v) is 13.5. The number of benzene rings is 2. The molecule has 0 bridgehead atoms. The highest BCUT2D eigenvalue weighted by Gasteiger charge is 2.41. The molecule has 2 aliphatic heterocycles. The predicted octanol–water partition coefficient (Wildman–Crippen LogP) is 5.31. The van der Waals surface area contributed by atoms with E-state index in [1.54, 1.807) is 6.07 Å². The average molecular weight is 580 g/mol. The number of hydrogen-bond acceptors (Lipinski definition) is 5. The number of hydrogen-bond donors (Lipinski definition) is 2. The average Bonchev–Trinajstić information content (AvgIpc) is 3.62. The second kappa shape index (κ2) is 9.63. The van der Waals surface area contributed by atoms with Gasteiger partial charge in [-0.1, -0.05) is 46.6 Å². The summed E-state index contributed by atoms with van der Waals surface area (Å²) in [7, 11) is -0.991. The second-order valence-electron chi connectivity index (χ2n) is 10.8. The van der Waals surface area contributed by atoms with Crippen LogP contribution in [0.15, 0.2) is 65.9 Å². The molecule has 0 spiro atoms. The molecule has 7 nitrogen and oxygen atoms in total. The molecule has 0 saturated heterocycles. The van der Waals surface area contributed by atoms with Gasteiger partial charge in [-0.25, -0.2) is 4.39 Å². The van der Waals surface area contributed by atoms with Gasteiger partial charge in [-0.05, 0) is 73.8 Å². The zero-order chi connectivity index (χ0) is 28.4. The lowest BCUT2D eigenvalue weighted by Crippen LogP contribution is -2.30. The molecule has 1 atom stereocenters. The highest BCUT2D eigenvalue weighted by Crippen LogP contribution is 2.39. The van der Waals surface area contributed by atoms with Gasteiger partial charge < -0.3 is 24.2 Å². The highest BCUT2D eigenvalue weighted by molar-refractivity contribution is 6.62. The maximum absolute atomic E-state index is 14.0. The maximum Gasteiger partial charge on any atom is 0.492 e. The molecule has 2 N–H and O–H groups in total. The zero-order valence-corrected chi connectivity index (χ0v) is 23.5. The molecule has 0 radical (unpaired) electrons. The van der Waals surface area contributed by atoms with E-state index in [2.05, 4.69) is 10.5 Å². The summed E-state index contributed by atoms with van der Waals surface area (Å²) in [6.45, 7) is 5.94. The summed E-state index contributed by atoms with van der Waals surface area (Å²) in [6.07, 6.45) is 2.24. The van der Waals surface area contributed by atoms with E-state index in [0.717, 1.165) is 16.8 Å². The van der Waals surface area contributed by atoms with Gasteiger partial charge >= 0.3 is 7.12 Å². The van der Waals surface area contributed by atoms with Crippen LogP contribution in [0.4, 0.5) is 4.39 Å². The minimum absolute atomic E-state index is 0.0859. The molecule has 11 heteroatoms. The Kier molecular flexibility index (Phi) is 6.46. The number of oxime groups is 1. The molecule has 2 aromatic heterocycles. The Morgan fingerprint density at radius 1 is 1.15 bits per heavy atom. The fourth-order valence-corrected chi connectivity index (χ4v) is 5.90. The number of aromatic nitrogens is 1. The minimum atomic E-state index is -0.991. The third-order valence-corrected chi connectivity index (χ3v) is 8.13. The standard InChI is InChI=1S/C29H25BCl2FN3O4/c1-28(2)19-8-6-16(11-20(19)30(38)39-28)15-34-27(37)18-7-9-25(36-10-4-5-24(18)36)23-14-29(3,40-35-23)17-12-21(31)26(33)22(32)13-17/h4-13,38H,14-15H2,1-3H3,(H,34,37)/t29-/m1/s1. The number of halogens is 3. The van der Waals surface area contributed by atoms with Gasteiger partial charge in [-0.3, -0.25) is 4.79 Å². The molecular formula is C29H25BCl2FN3O4. The van der Waals surface area contributed by atoms with E-state index in [9.17, 15) is 14.2 Å². The summed E-state index contributed by atoms with van der Waals surface area (Å²) in [5.74, 6) is -0.914. The molecule has 204 valence electrons. The second-order valence-corrected chi connectivity index (χ2v) is 11.6. The lowest BCUT2D eigenvalue weighted by Gasteiger charge is -2.22. The molecule has 0 saturated carbocycles. The molecule has 1 amide bonds. The normalized spacial score (nSPS) is 19.5. The Morgan fingerprint density at radius 3 is 2.65 bits per heavy atom. The van der Waals surface area contributed by atoms with E-state index < -0.39 is 24.1 Å². The number of rotatable bonds is 5. The monoisotopic (exact) mass is 579 g/mol. The van der Waals surface area contributed by atoms with E-state index in [1.165, 1.54) is 12.1 Å². The highest BCUT2D eigenvalue weighted by atomic mass is 35.5. The molecule has 4 aromatic rings. The van der Waals surface area contributed by atoms with Crippen LogP contribution in [0.5, 0.6) is 0 Å². The summed E-state index contributed by atoms with van der Waals surface area (Å²) >= 11 is 12.0. The van der Waals surface area contributed by atoms with Crippen molar-refractivity contribution in [1.29, 1.82) is 0 Å². The number of fused-ring (bicyclic) bond motifs is 2. The van der Waals surface area contributed by atoms with Crippen molar-refractivity contribution in [1.82, 2.24) is 9.72 Å². The maximum atomic E-state index is 14.0. The molecule has 4 heterocycles. The largest absolute Gasteiger partial charge is 0.492 e. The fourth-order valence-electron chi connectivity index (χ4n) is 5.42. The van der Waals surface area contributed by atoms with Crippen LogP contribution >= 0.6 is 23.2 Å². The molecular weight excluding hydrogens is 555 g/mol. The fraction of sp³-hybridized carbons (Fsp3) is 0.241. The van der Waals surface area contributed by atoms with Crippen LogP contribution in [0, 0.1) is 5.82 Å². The van der Waals surface area contributed by atoms with Gasteiger partial charge in [0.25, 0.3) is 5.91 Å². The summed E-state index contributed by atoms with van der Waals surface area (Å²) in [5.41, 5.74) is 4.28. The van der Waals surface area contributed by atoms with Gasteiger partial charge in [0.05, 0.1) is 32.4 Å². The van der Waals surface area contributed by atoms with Crippen molar-refractivity contribution in [3.8, 4) is 0 Å². The molecule has 2 aromatic carbocycles. The number of nitrogens with zero attached hydrogens (tertiary/aromatic N) is 2. The lowest BCUT2D eigenvalue weighted by molar-refractivity contribution is -0.00742. The van der Waals surface area contributed by atoms with Crippen LogP contribution in [-0.2, 0) is 27.2 Å². The molecule has 0 unspecified atom stereocenters. The lowest BCUT2D eigenvalue weighted by atomic mass is 9.77. The Hall–Kier alpha value is -3.37. The molecule has 40 heavy (non-hydrogen) atoms. The first kappa shape index (κ1) is 26.8. The summed E-state index contributed by atoms with van der Waals surface area (Å²) < 4.78 is 21.5. The van der Waals surface area contributed by atoms with Crippen LogP contribution in [0.3, 0.4) is 0 Å². The molecule has 0 fully saturated rings. The number of carbonyl (C=O) groups excluding carboxylic acids is 1. The third-order valence-electron chi connectivity index (χ3n) is 7.58. The molecule has 2 aliphatic rings. The van der Waals surface area contributed by atoms with Crippen molar-refractivity contribution in [3.05, 3.63) is 105 Å². The predicted molar refractivity (Wildman–Crippen MR) is 153 cm³/mol. The van der Waals surface area contributed by atoms with Crippen molar-refractivity contribution in [2.45, 2.75) is 44.9 Å². The van der Waals surface area contributed by atoms with E-state index in [1.807, 2.05) is 67.8 Å². The van der Waals surface area contributed by atoms with E-state index in [-0.39, 0.29) is 22.5 Å². The number of nitrogens with one attached hydrogen (secondary N) is 1. The van der Waals surface area contributed by atoms with E-state index in [4.69, 9.17) is 32.7 Å².